The monoisotopic (exact) mass is 452 g/mol. The Kier molecular flexibility index (Phi) is 5.61. The molecule has 0 spiro atoms. The third-order valence-corrected chi connectivity index (χ3v) is 4.95. The summed E-state index contributed by atoms with van der Waals surface area (Å²) in [6.45, 7) is 1.94. The largest absolute Gasteiger partial charge is 0.493 e. The molecule has 32 heavy (non-hydrogen) atoms. The summed E-state index contributed by atoms with van der Waals surface area (Å²) in [5, 5.41) is 14.1. The second kappa shape index (κ2) is 8.52. The van der Waals surface area contributed by atoms with Gasteiger partial charge in [0.2, 0.25) is 0 Å². The Hall–Kier alpha value is -4.18. The zero-order chi connectivity index (χ0) is 22.8. The van der Waals surface area contributed by atoms with E-state index in [0.717, 1.165) is 5.56 Å². The van der Waals surface area contributed by atoms with E-state index >= 15 is 0 Å². The summed E-state index contributed by atoms with van der Waals surface area (Å²) in [6.07, 6.45) is 1.35. The van der Waals surface area contributed by atoms with Gasteiger partial charge in [-0.25, -0.2) is 0 Å². The van der Waals surface area contributed by atoms with Gasteiger partial charge in [-0.2, -0.15) is 25.2 Å². The molecule has 2 aromatic heterocycles. The van der Waals surface area contributed by atoms with Gasteiger partial charge in [0.25, 0.3) is 11.5 Å². The van der Waals surface area contributed by atoms with Crippen molar-refractivity contribution in [3.63, 3.8) is 0 Å². The number of H-pyrrole nitrogens is 1. The number of primary amides is 1. The topological polar surface area (TPSA) is 138 Å². The van der Waals surface area contributed by atoms with E-state index in [9.17, 15) is 9.59 Å². The van der Waals surface area contributed by atoms with Crippen molar-refractivity contribution in [3.05, 3.63) is 75.3 Å². The van der Waals surface area contributed by atoms with Crippen LogP contribution in [0.3, 0.4) is 0 Å². The minimum absolute atomic E-state index is 0.00678. The summed E-state index contributed by atoms with van der Waals surface area (Å²) >= 11 is 6.28. The number of hydrogen-bond donors (Lipinski definition) is 2. The standard InChI is InChI=1S/C21H17ClN6O4/c1-11-3-6-13(7-4-11)28-21(30)17(22)16(10-24-28)32-14-8-5-12(9-15(14)31-2)18-19(20(23)29)26-27-25-18/h3-10H,1-2H3,(H2,23,29)(H,25,26,27). The maximum absolute atomic E-state index is 12.7. The average Bonchev–Trinajstić information content (AvgIpc) is 3.28. The van der Waals surface area contributed by atoms with Gasteiger partial charge >= 0.3 is 0 Å². The molecule has 0 aliphatic heterocycles. The van der Waals surface area contributed by atoms with Crippen molar-refractivity contribution in [2.45, 2.75) is 6.92 Å². The molecule has 0 bridgehead atoms. The second-order valence-electron chi connectivity index (χ2n) is 6.73. The number of carbonyl (C=O) groups is 1. The Morgan fingerprint density at radius 3 is 2.53 bits per heavy atom. The molecule has 0 unspecified atom stereocenters. The van der Waals surface area contributed by atoms with E-state index in [1.165, 1.54) is 18.0 Å². The third kappa shape index (κ3) is 3.91. The Balaban J connectivity index is 1.67. The average molecular weight is 453 g/mol. The van der Waals surface area contributed by atoms with Crippen LogP contribution in [0.1, 0.15) is 16.1 Å². The Morgan fingerprint density at radius 1 is 1.09 bits per heavy atom. The van der Waals surface area contributed by atoms with Gasteiger partial charge in [-0.1, -0.05) is 29.3 Å². The van der Waals surface area contributed by atoms with Gasteiger partial charge in [0.05, 0.1) is 19.0 Å². The van der Waals surface area contributed by atoms with Crippen LogP contribution in [-0.2, 0) is 0 Å². The lowest BCUT2D eigenvalue weighted by molar-refractivity contribution is 0.0996. The van der Waals surface area contributed by atoms with Crippen molar-refractivity contribution in [3.8, 4) is 34.2 Å². The van der Waals surface area contributed by atoms with Gasteiger partial charge in [0.1, 0.15) is 5.69 Å². The second-order valence-corrected chi connectivity index (χ2v) is 7.11. The van der Waals surface area contributed by atoms with Crippen molar-refractivity contribution in [1.29, 1.82) is 0 Å². The van der Waals surface area contributed by atoms with Gasteiger partial charge in [0.15, 0.2) is 28.0 Å². The van der Waals surface area contributed by atoms with Gasteiger partial charge in [-0.3, -0.25) is 9.59 Å². The predicted molar refractivity (Wildman–Crippen MR) is 117 cm³/mol. The summed E-state index contributed by atoms with van der Waals surface area (Å²) in [5.41, 5.74) is 7.20. The van der Waals surface area contributed by atoms with E-state index in [0.29, 0.717) is 17.0 Å². The zero-order valence-electron chi connectivity index (χ0n) is 17.0. The quantitative estimate of drug-likeness (QED) is 0.458. The Labute approximate surface area is 186 Å². The number of ether oxygens (including phenoxy) is 2. The van der Waals surface area contributed by atoms with Crippen LogP contribution in [0.4, 0.5) is 0 Å². The van der Waals surface area contributed by atoms with E-state index < -0.39 is 11.5 Å². The molecule has 11 heteroatoms. The number of aryl methyl sites for hydroxylation is 1. The molecular formula is C21H17ClN6O4. The number of methoxy groups -OCH3 is 1. The summed E-state index contributed by atoms with van der Waals surface area (Å²) in [4.78, 5) is 24.3. The number of nitrogens with zero attached hydrogens (tertiary/aromatic N) is 4. The number of aromatic nitrogens is 5. The van der Waals surface area contributed by atoms with Crippen LogP contribution in [0.25, 0.3) is 16.9 Å². The first-order chi connectivity index (χ1) is 15.4. The number of halogens is 1. The normalized spacial score (nSPS) is 10.7. The fourth-order valence-electron chi connectivity index (χ4n) is 2.98. The van der Waals surface area contributed by atoms with E-state index in [1.807, 2.05) is 19.1 Å². The fourth-order valence-corrected chi connectivity index (χ4v) is 3.15. The maximum Gasteiger partial charge on any atom is 0.294 e. The number of aromatic amines is 1. The van der Waals surface area contributed by atoms with Crippen LogP contribution in [0.15, 0.2) is 53.5 Å². The maximum atomic E-state index is 12.7. The molecule has 2 heterocycles. The molecule has 0 radical (unpaired) electrons. The van der Waals surface area contributed by atoms with Crippen LogP contribution in [0, 0.1) is 6.92 Å². The zero-order valence-corrected chi connectivity index (χ0v) is 17.8. The van der Waals surface area contributed by atoms with E-state index in [2.05, 4.69) is 20.5 Å². The first-order valence-electron chi connectivity index (χ1n) is 9.30. The highest BCUT2D eigenvalue weighted by Gasteiger charge is 2.19. The summed E-state index contributed by atoms with van der Waals surface area (Å²) in [6, 6.07) is 12.1. The molecule has 4 rings (SSSR count). The highest BCUT2D eigenvalue weighted by atomic mass is 35.5. The van der Waals surface area contributed by atoms with E-state index in [-0.39, 0.29) is 27.9 Å². The van der Waals surface area contributed by atoms with Crippen LogP contribution in [0.2, 0.25) is 5.02 Å². The van der Waals surface area contributed by atoms with Crippen LogP contribution in [-0.4, -0.2) is 38.2 Å². The molecule has 162 valence electrons. The highest BCUT2D eigenvalue weighted by molar-refractivity contribution is 6.31. The third-order valence-electron chi connectivity index (χ3n) is 4.60. The smallest absolute Gasteiger partial charge is 0.294 e. The van der Waals surface area contributed by atoms with Crippen LogP contribution in [0.5, 0.6) is 17.2 Å². The minimum atomic E-state index is -0.722. The lowest BCUT2D eigenvalue weighted by Gasteiger charge is -2.13. The molecule has 0 saturated heterocycles. The van der Waals surface area contributed by atoms with Crippen molar-refractivity contribution < 1.29 is 14.3 Å². The van der Waals surface area contributed by atoms with Gasteiger partial charge in [0, 0.05) is 5.56 Å². The summed E-state index contributed by atoms with van der Waals surface area (Å²) in [7, 11) is 1.44. The molecule has 0 fully saturated rings. The molecule has 0 aliphatic rings. The minimum Gasteiger partial charge on any atom is -0.493 e. The number of nitrogens with two attached hydrogens (primary N) is 1. The number of nitrogens with one attached hydrogen (secondary N) is 1. The molecular weight excluding hydrogens is 436 g/mol. The Morgan fingerprint density at radius 2 is 1.84 bits per heavy atom. The number of rotatable bonds is 6. The lowest BCUT2D eigenvalue weighted by Crippen LogP contribution is -2.21. The molecule has 0 aliphatic carbocycles. The molecule has 10 nitrogen and oxygen atoms in total. The number of carbonyl (C=O) groups excluding carboxylic acids is 1. The van der Waals surface area contributed by atoms with Gasteiger partial charge in [-0.15, -0.1) is 0 Å². The van der Waals surface area contributed by atoms with Crippen molar-refractivity contribution >= 4 is 17.5 Å². The van der Waals surface area contributed by atoms with Crippen LogP contribution >= 0.6 is 11.6 Å². The Bertz CT molecular complexity index is 1360. The van der Waals surface area contributed by atoms with Gasteiger partial charge < -0.3 is 15.2 Å². The van der Waals surface area contributed by atoms with Gasteiger partial charge in [-0.05, 0) is 37.3 Å². The van der Waals surface area contributed by atoms with Crippen LogP contribution < -0.4 is 20.8 Å². The number of amides is 1. The molecule has 2 aromatic carbocycles. The molecule has 3 N–H and O–H groups in total. The number of hydrogen-bond acceptors (Lipinski definition) is 7. The molecule has 0 atom stereocenters. The molecule has 1 amide bonds. The van der Waals surface area contributed by atoms with Crippen molar-refractivity contribution in [1.82, 2.24) is 25.2 Å². The summed E-state index contributed by atoms with van der Waals surface area (Å²) < 4.78 is 12.4. The highest BCUT2D eigenvalue weighted by Crippen LogP contribution is 2.36. The van der Waals surface area contributed by atoms with Crippen molar-refractivity contribution in [2.75, 3.05) is 7.11 Å². The first kappa shape index (κ1) is 21.1. The first-order valence-corrected chi connectivity index (χ1v) is 9.68. The predicted octanol–water partition coefficient (Wildman–Crippen LogP) is 2.88. The molecule has 4 aromatic rings. The SMILES string of the molecule is COc1cc(-c2n[nH]nc2C(N)=O)ccc1Oc1cnn(-c2ccc(C)cc2)c(=O)c1Cl. The summed E-state index contributed by atoms with van der Waals surface area (Å²) in [5.74, 6) is -0.0818. The number of benzene rings is 2. The van der Waals surface area contributed by atoms with E-state index in [1.54, 1.807) is 30.3 Å². The lowest BCUT2D eigenvalue weighted by atomic mass is 10.1. The van der Waals surface area contributed by atoms with Crippen molar-refractivity contribution in [2.24, 2.45) is 5.73 Å². The fraction of sp³-hybridized carbons (Fsp3) is 0.0952. The molecule has 0 saturated carbocycles. The van der Waals surface area contributed by atoms with E-state index in [4.69, 9.17) is 26.8 Å².